The van der Waals surface area contributed by atoms with Crippen molar-refractivity contribution in [1.82, 2.24) is 5.32 Å². The highest BCUT2D eigenvalue weighted by Gasteiger charge is 2.03. The van der Waals surface area contributed by atoms with E-state index < -0.39 is 0 Å². The molecular weight excluding hydrogens is 132 g/mol. The zero-order chi connectivity index (χ0) is 7.82. The van der Waals surface area contributed by atoms with Gasteiger partial charge in [0.1, 0.15) is 0 Å². The van der Waals surface area contributed by atoms with Gasteiger partial charge in [0.25, 0.3) is 0 Å². The van der Waals surface area contributed by atoms with E-state index in [0.29, 0.717) is 6.61 Å². The van der Waals surface area contributed by atoms with Gasteiger partial charge in [0, 0.05) is 7.11 Å². The number of aliphatic hydroxyl groups is 1. The molecule has 10 heavy (non-hydrogen) atoms. The molecule has 0 aromatic heterocycles. The lowest BCUT2D eigenvalue weighted by atomic mass is 10.3. The zero-order valence-electron chi connectivity index (χ0n) is 6.00. The Labute approximate surface area is 60.4 Å². The number of aliphatic hydroxyl groups excluding tert-OH is 1. The molecule has 0 aliphatic rings. The van der Waals surface area contributed by atoms with E-state index in [-0.39, 0.29) is 19.2 Å². The maximum Gasteiger partial charge on any atom is 0.0844 e. The second kappa shape index (κ2) is 6.49. The van der Waals surface area contributed by atoms with Crippen molar-refractivity contribution >= 4 is 0 Å². The normalized spacial score (nSPS) is 12.5. The molecule has 0 bridgehead atoms. The first kappa shape index (κ1) is 9.37. The van der Waals surface area contributed by atoms with E-state index in [1.54, 1.807) is 7.11 Å². The average Bonchev–Trinajstić information content (AvgIpc) is 1.98. The van der Waals surface area contributed by atoms with Gasteiger partial charge in [-0.25, -0.2) is 0 Å². The summed E-state index contributed by atoms with van der Waals surface area (Å²) >= 11 is 0. The Kier molecular flexibility index (Phi) is 6.08. The van der Waals surface area contributed by atoms with Crippen molar-refractivity contribution in [2.75, 3.05) is 26.9 Å². The van der Waals surface area contributed by atoms with Crippen molar-refractivity contribution in [2.45, 2.75) is 6.04 Å². The molecule has 0 aliphatic carbocycles. The third-order valence-electron chi connectivity index (χ3n) is 1.06. The topological polar surface area (TPSA) is 65.3 Å². The van der Waals surface area contributed by atoms with Gasteiger partial charge in [-0.1, -0.05) is 0 Å². The maximum absolute atomic E-state index is 8.63. The number of nitrogens with one attached hydrogen (secondary N) is 1. The van der Waals surface area contributed by atoms with E-state index in [0.717, 1.165) is 0 Å². The minimum atomic E-state index is -0.121. The molecule has 0 heterocycles. The molecule has 0 aromatic rings. The molecule has 0 spiro atoms. The molecule has 2 N–H and O–H groups in total. The van der Waals surface area contributed by atoms with Gasteiger partial charge in [-0.15, -0.1) is 0 Å². The lowest BCUT2D eigenvalue weighted by molar-refractivity contribution is 0.131. The van der Waals surface area contributed by atoms with Crippen LogP contribution in [0.4, 0.5) is 0 Å². The van der Waals surface area contributed by atoms with Gasteiger partial charge in [-0.3, -0.25) is 5.32 Å². The minimum Gasteiger partial charge on any atom is -0.395 e. The number of hydrogen-bond acceptors (Lipinski definition) is 4. The average molecular weight is 144 g/mol. The van der Waals surface area contributed by atoms with Gasteiger partial charge in [-0.05, 0) is 0 Å². The van der Waals surface area contributed by atoms with Crippen LogP contribution in [0.25, 0.3) is 0 Å². The molecule has 1 atom stereocenters. The fourth-order valence-electron chi connectivity index (χ4n) is 0.567. The first-order chi connectivity index (χ1) is 4.85. The Morgan fingerprint density at radius 2 is 2.50 bits per heavy atom. The maximum atomic E-state index is 8.63. The Hall–Kier alpha value is -0.630. The summed E-state index contributed by atoms with van der Waals surface area (Å²) in [5.74, 6) is 0. The molecule has 0 saturated heterocycles. The molecule has 0 rings (SSSR count). The standard InChI is InChI=1S/C6H12N2O2/c1-10-5-6(4-9)8-3-2-7/h6,8-9H,3-5H2,1H3. The van der Waals surface area contributed by atoms with Gasteiger partial charge in [0.2, 0.25) is 0 Å². The van der Waals surface area contributed by atoms with Crippen molar-refractivity contribution in [2.24, 2.45) is 0 Å². The van der Waals surface area contributed by atoms with Crippen LogP contribution in [0, 0.1) is 11.3 Å². The molecule has 0 amide bonds. The van der Waals surface area contributed by atoms with Crippen molar-refractivity contribution < 1.29 is 9.84 Å². The number of ether oxygens (including phenoxy) is 1. The van der Waals surface area contributed by atoms with E-state index in [4.69, 9.17) is 15.1 Å². The summed E-state index contributed by atoms with van der Waals surface area (Å²) in [6.07, 6.45) is 0. The number of nitrogens with zero attached hydrogens (tertiary/aromatic N) is 1. The van der Waals surface area contributed by atoms with E-state index in [2.05, 4.69) is 5.32 Å². The van der Waals surface area contributed by atoms with Crippen molar-refractivity contribution in [3.05, 3.63) is 0 Å². The third kappa shape index (κ3) is 4.27. The SMILES string of the molecule is COCC(CO)NCC#N. The van der Waals surface area contributed by atoms with E-state index >= 15 is 0 Å². The van der Waals surface area contributed by atoms with Gasteiger partial charge in [0.05, 0.1) is 31.9 Å². The number of rotatable bonds is 5. The summed E-state index contributed by atoms with van der Waals surface area (Å²) in [6.45, 7) is 0.669. The molecular formula is C6H12N2O2. The Morgan fingerprint density at radius 3 is 2.90 bits per heavy atom. The van der Waals surface area contributed by atoms with E-state index in [1.165, 1.54) is 0 Å². The number of methoxy groups -OCH3 is 1. The molecule has 0 aromatic carbocycles. The summed E-state index contributed by atoms with van der Waals surface area (Å²) in [6, 6.07) is 1.79. The van der Waals surface area contributed by atoms with Crippen LogP contribution in [0.5, 0.6) is 0 Å². The number of nitriles is 1. The fourth-order valence-corrected chi connectivity index (χ4v) is 0.567. The van der Waals surface area contributed by atoms with E-state index in [1.807, 2.05) is 6.07 Å². The van der Waals surface area contributed by atoms with Gasteiger partial charge in [0.15, 0.2) is 0 Å². The first-order valence-electron chi connectivity index (χ1n) is 3.05. The smallest absolute Gasteiger partial charge is 0.0844 e. The first-order valence-corrected chi connectivity index (χ1v) is 3.05. The van der Waals surface area contributed by atoms with Crippen molar-refractivity contribution in [3.63, 3.8) is 0 Å². The molecule has 0 fully saturated rings. The highest BCUT2D eigenvalue weighted by atomic mass is 16.5. The van der Waals surface area contributed by atoms with Crippen LogP contribution < -0.4 is 5.32 Å². The third-order valence-corrected chi connectivity index (χ3v) is 1.06. The molecule has 58 valence electrons. The van der Waals surface area contributed by atoms with Crippen LogP contribution in [0.2, 0.25) is 0 Å². The van der Waals surface area contributed by atoms with Crippen LogP contribution >= 0.6 is 0 Å². The highest BCUT2D eigenvalue weighted by Crippen LogP contribution is 1.80. The molecule has 4 nitrogen and oxygen atoms in total. The summed E-state index contributed by atoms with van der Waals surface area (Å²) in [4.78, 5) is 0. The fraction of sp³-hybridized carbons (Fsp3) is 0.833. The van der Waals surface area contributed by atoms with Crippen LogP contribution in [-0.2, 0) is 4.74 Å². The van der Waals surface area contributed by atoms with Gasteiger partial charge in [-0.2, -0.15) is 5.26 Å². The minimum absolute atomic E-state index is 0.00444. The predicted octanol–water partition coefficient (Wildman–Crippen LogP) is -0.893. The van der Waals surface area contributed by atoms with Crippen molar-refractivity contribution in [3.8, 4) is 6.07 Å². The Balaban J connectivity index is 3.32. The lowest BCUT2D eigenvalue weighted by Gasteiger charge is -2.11. The second-order valence-electron chi connectivity index (χ2n) is 1.87. The lowest BCUT2D eigenvalue weighted by Crippen LogP contribution is -2.36. The summed E-state index contributed by atoms with van der Waals surface area (Å²) in [5.41, 5.74) is 0. The summed E-state index contributed by atoms with van der Waals surface area (Å²) < 4.78 is 4.76. The second-order valence-corrected chi connectivity index (χ2v) is 1.87. The van der Waals surface area contributed by atoms with Crippen LogP contribution in [0.3, 0.4) is 0 Å². The zero-order valence-corrected chi connectivity index (χ0v) is 6.00. The Morgan fingerprint density at radius 1 is 1.80 bits per heavy atom. The van der Waals surface area contributed by atoms with Crippen LogP contribution in [0.15, 0.2) is 0 Å². The van der Waals surface area contributed by atoms with Crippen LogP contribution in [-0.4, -0.2) is 38.0 Å². The molecule has 0 radical (unpaired) electrons. The molecule has 0 aliphatic heterocycles. The van der Waals surface area contributed by atoms with Crippen LogP contribution in [0.1, 0.15) is 0 Å². The predicted molar refractivity (Wildman–Crippen MR) is 36.4 cm³/mol. The van der Waals surface area contributed by atoms with E-state index in [9.17, 15) is 0 Å². The van der Waals surface area contributed by atoms with Crippen molar-refractivity contribution in [1.29, 1.82) is 5.26 Å². The van der Waals surface area contributed by atoms with Gasteiger partial charge < -0.3 is 9.84 Å². The largest absolute Gasteiger partial charge is 0.395 e. The highest BCUT2D eigenvalue weighted by molar-refractivity contribution is 4.76. The summed E-state index contributed by atoms with van der Waals surface area (Å²) in [7, 11) is 1.55. The Bertz CT molecular complexity index is 111. The molecule has 1 unspecified atom stereocenters. The monoisotopic (exact) mass is 144 g/mol. The number of hydrogen-bond donors (Lipinski definition) is 2. The molecule has 0 saturated carbocycles. The van der Waals surface area contributed by atoms with Gasteiger partial charge >= 0.3 is 0 Å². The quantitative estimate of drug-likeness (QED) is 0.491. The summed E-state index contributed by atoms with van der Waals surface area (Å²) in [5, 5.41) is 19.6. The molecule has 4 heteroatoms.